The lowest BCUT2D eigenvalue weighted by Crippen LogP contribution is -2.43. The van der Waals surface area contributed by atoms with E-state index in [0.29, 0.717) is 6.04 Å². The van der Waals surface area contributed by atoms with Gasteiger partial charge in [-0.15, -0.1) is 0 Å². The summed E-state index contributed by atoms with van der Waals surface area (Å²) in [6.45, 7) is 3.30. The van der Waals surface area contributed by atoms with Crippen molar-refractivity contribution in [1.29, 1.82) is 0 Å². The molecule has 2 rings (SSSR count). The van der Waals surface area contributed by atoms with Gasteiger partial charge in [0.2, 0.25) is 0 Å². The topological polar surface area (TPSA) is 29.3 Å². The van der Waals surface area contributed by atoms with E-state index in [1.165, 1.54) is 17.5 Å². The standard InChI is InChI=1S/C13H20N2/c1-10-5-3-6-11(9-10)13-12(14)7-4-8-15(13)2/h3,5-6,9,12-13H,4,7-8,14H2,1-2H3. The van der Waals surface area contributed by atoms with Gasteiger partial charge in [-0.3, -0.25) is 4.90 Å². The monoisotopic (exact) mass is 204 g/mol. The molecule has 82 valence electrons. The molecule has 1 aliphatic rings. The van der Waals surface area contributed by atoms with Gasteiger partial charge in [-0.2, -0.15) is 0 Å². The first-order chi connectivity index (χ1) is 7.18. The van der Waals surface area contributed by atoms with Gasteiger partial charge in [0.15, 0.2) is 0 Å². The number of hydrogen-bond donors (Lipinski definition) is 1. The average molecular weight is 204 g/mol. The number of nitrogens with zero attached hydrogens (tertiary/aromatic N) is 1. The summed E-state index contributed by atoms with van der Waals surface area (Å²) in [5.74, 6) is 0. The highest BCUT2D eigenvalue weighted by molar-refractivity contribution is 5.26. The number of likely N-dealkylation sites (N-methyl/N-ethyl adjacent to an activating group) is 1. The van der Waals surface area contributed by atoms with Gasteiger partial charge in [-0.1, -0.05) is 29.8 Å². The summed E-state index contributed by atoms with van der Waals surface area (Å²) < 4.78 is 0. The molecule has 2 N–H and O–H groups in total. The van der Waals surface area contributed by atoms with Crippen LogP contribution in [0.5, 0.6) is 0 Å². The minimum absolute atomic E-state index is 0.283. The van der Waals surface area contributed by atoms with Gasteiger partial charge >= 0.3 is 0 Å². The zero-order valence-electron chi connectivity index (χ0n) is 9.61. The molecule has 2 nitrogen and oxygen atoms in total. The number of hydrogen-bond acceptors (Lipinski definition) is 2. The second-order valence-electron chi connectivity index (χ2n) is 4.65. The first kappa shape index (κ1) is 10.7. The summed E-state index contributed by atoms with van der Waals surface area (Å²) in [6.07, 6.45) is 2.36. The van der Waals surface area contributed by atoms with Crippen molar-refractivity contribution in [2.75, 3.05) is 13.6 Å². The Morgan fingerprint density at radius 1 is 1.40 bits per heavy atom. The molecule has 0 aromatic heterocycles. The lowest BCUT2D eigenvalue weighted by Gasteiger charge is -2.37. The van der Waals surface area contributed by atoms with Crippen molar-refractivity contribution in [3.05, 3.63) is 35.4 Å². The first-order valence-electron chi connectivity index (χ1n) is 5.71. The van der Waals surface area contributed by atoms with Gasteiger partial charge in [0.05, 0.1) is 0 Å². The molecular formula is C13H20N2. The summed E-state index contributed by atoms with van der Waals surface area (Å²) >= 11 is 0. The molecule has 1 saturated heterocycles. The SMILES string of the molecule is Cc1cccc(C2C(N)CCCN2C)c1. The van der Waals surface area contributed by atoms with Crippen molar-refractivity contribution in [3.63, 3.8) is 0 Å². The van der Waals surface area contributed by atoms with Crippen LogP contribution in [0.25, 0.3) is 0 Å². The molecule has 0 amide bonds. The van der Waals surface area contributed by atoms with Crippen LogP contribution in [0.1, 0.15) is 30.0 Å². The molecule has 2 atom stereocenters. The third-order valence-electron chi connectivity index (χ3n) is 3.31. The fourth-order valence-electron chi connectivity index (χ4n) is 2.56. The van der Waals surface area contributed by atoms with Crippen LogP contribution >= 0.6 is 0 Å². The van der Waals surface area contributed by atoms with E-state index >= 15 is 0 Å². The van der Waals surface area contributed by atoms with Gasteiger partial charge in [-0.25, -0.2) is 0 Å². The second-order valence-corrected chi connectivity index (χ2v) is 4.65. The minimum Gasteiger partial charge on any atom is -0.326 e. The van der Waals surface area contributed by atoms with E-state index in [2.05, 4.69) is 43.1 Å². The molecule has 0 saturated carbocycles. The summed E-state index contributed by atoms with van der Waals surface area (Å²) in [4.78, 5) is 2.38. The van der Waals surface area contributed by atoms with E-state index in [1.807, 2.05) is 0 Å². The molecule has 1 aromatic carbocycles. The van der Waals surface area contributed by atoms with Crippen LogP contribution in [-0.4, -0.2) is 24.5 Å². The molecule has 15 heavy (non-hydrogen) atoms. The Balaban J connectivity index is 2.27. The van der Waals surface area contributed by atoms with Gasteiger partial charge in [0, 0.05) is 12.1 Å². The van der Waals surface area contributed by atoms with Crippen LogP contribution in [0.4, 0.5) is 0 Å². The number of rotatable bonds is 1. The number of benzene rings is 1. The van der Waals surface area contributed by atoms with E-state index < -0.39 is 0 Å². The lowest BCUT2D eigenvalue weighted by molar-refractivity contribution is 0.163. The van der Waals surface area contributed by atoms with E-state index in [9.17, 15) is 0 Å². The molecule has 1 aromatic rings. The molecular weight excluding hydrogens is 184 g/mol. The number of aryl methyl sites for hydroxylation is 1. The van der Waals surface area contributed by atoms with Crippen molar-refractivity contribution in [1.82, 2.24) is 4.90 Å². The molecule has 2 heteroatoms. The predicted octanol–water partition coefficient (Wildman–Crippen LogP) is 2.09. The van der Waals surface area contributed by atoms with Crippen molar-refractivity contribution in [3.8, 4) is 0 Å². The van der Waals surface area contributed by atoms with E-state index in [4.69, 9.17) is 5.73 Å². The molecule has 0 spiro atoms. The Labute approximate surface area is 92.1 Å². The maximum atomic E-state index is 6.21. The highest BCUT2D eigenvalue weighted by Gasteiger charge is 2.27. The summed E-state index contributed by atoms with van der Waals surface area (Å²) in [6, 6.07) is 9.40. The van der Waals surface area contributed by atoms with Crippen molar-refractivity contribution < 1.29 is 0 Å². The number of nitrogens with two attached hydrogens (primary N) is 1. The van der Waals surface area contributed by atoms with Crippen LogP contribution in [0.2, 0.25) is 0 Å². The first-order valence-corrected chi connectivity index (χ1v) is 5.71. The Hall–Kier alpha value is -0.860. The van der Waals surface area contributed by atoms with E-state index in [1.54, 1.807) is 0 Å². The number of likely N-dealkylation sites (tertiary alicyclic amines) is 1. The molecule has 1 fully saturated rings. The van der Waals surface area contributed by atoms with Crippen molar-refractivity contribution in [2.24, 2.45) is 5.73 Å². The summed E-state index contributed by atoms with van der Waals surface area (Å²) in [5, 5.41) is 0. The smallest absolute Gasteiger partial charge is 0.0496 e. The molecule has 0 radical (unpaired) electrons. The molecule has 0 aliphatic carbocycles. The third kappa shape index (κ3) is 2.21. The van der Waals surface area contributed by atoms with Crippen LogP contribution in [0.3, 0.4) is 0 Å². The quantitative estimate of drug-likeness (QED) is 0.759. The minimum atomic E-state index is 0.283. The van der Waals surface area contributed by atoms with Gasteiger partial charge in [-0.05, 0) is 38.9 Å². The second kappa shape index (κ2) is 4.33. The summed E-state index contributed by atoms with van der Waals surface area (Å²) in [7, 11) is 2.17. The van der Waals surface area contributed by atoms with Crippen LogP contribution < -0.4 is 5.73 Å². The van der Waals surface area contributed by atoms with Crippen molar-refractivity contribution >= 4 is 0 Å². The Kier molecular flexibility index (Phi) is 3.08. The van der Waals surface area contributed by atoms with Gasteiger partial charge < -0.3 is 5.73 Å². The summed E-state index contributed by atoms with van der Waals surface area (Å²) in [5.41, 5.74) is 8.89. The Morgan fingerprint density at radius 2 is 2.20 bits per heavy atom. The molecule has 2 unspecified atom stereocenters. The zero-order valence-corrected chi connectivity index (χ0v) is 9.61. The predicted molar refractivity (Wildman–Crippen MR) is 63.8 cm³/mol. The van der Waals surface area contributed by atoms with Gasteiger partial charge in [0.25, 0.3) is 0 Å². The van der Waals surface area contributed by atoms with Gasteiger partial charge in [0.1, 0.15) is 0 Å². The van der Waals surface area contributed by atoms with Crippen molar-refractivity contribution in [2.45, 2.75) is 31.8 Å². The van der Waals surface area contributed by atoms with Crippen LogP contribution in [-0.2, 0) is 0 Å². The highest BCUT2D eigenvalue weighted by Crippen LogP contribution is 2.28. The number of piperidine rings is 1. The third-order valence-corrected chi connectivity index (χ3v) is 3.31. The molecule has 1 aliphatic heterocycles. The van der Waals surface area contributed by atoms with Crippen LogP contribution in [0.15, 0.2) is 24.3 Å². The molecule has 0 bridgehead atoms. The zero-order chi connectivity index (χ0) is 10.8. The highest BCUT2D eigenvalue weighted by atomic mass is 15.2. The molecule has 1 heterocycles. The van der Waals surface area contributed by atoms with E-state index in [-0.39, 0.29) is 6.04 Å². The normalized spacial score (nSPS) is 27.9. The van der Waals surface area contributed by atoms with Crippen LogP contribution in [0, 0.1) is 6.92 Å². The average Bonchev–Trinajstić information content (AvgIpc) is 2.17. The fraction of sp³-hybridized carbons (Fsp3) is 0.538. The maximum absolute atomic E-state index is 6.21. The maximum Gasteiger partial charge on any atom is 0.0496 e. The van der Waals surface area contributed by atoms with E-state index in [0.717, 1.165) is 13.0 Å². The Bertz CT molecular complexity index is 325. The fourth-order valence-corrected chi connectivity index (χ4v) is 2.56. The lowest BCUT2D eigenvalue weighted by atomic mass is 9.91. The largest absolute Gasteiger partial charge is 0.326 e. The Morgan fingerprint density at radius 3 is 2.87 bits per heavy atom.